The van der Waals surface area contributed by atoms with Gasteiger partial charge in [0.2, 0.25) is 0 Å². The van der Waals surface area contributed by atoms with E-state index in [-0.39, 0.29) is 40.2 Å². The van der Waals surface area contributed by atoms with Gasteiger partial charge in [-0.25, -0.2) is 0 Å². The second-order valence-corrected chi connectivity index (χ2v) is 2.14. The Morgan fingerprint density at radius 1 is 0.700 bits per heavy atom. The van der Waals surface area contributed by atoms with Crippen LogP contribution in [0.1, 0.15) is 25.7 Å². The van der Waals surface area contributed by atoms with Gasteiger partial charge in [-0.05, 0) is 25.7 Å². The van der Waals surface area contributed by atoms with Crippen molar-refractivity contribution in [1.82, 2.24) is 0 Å². The summed E-state index contributed by atoms with van der Waals surface area (Å²) < 4.78 is 0. The number of hydrogen-bond donors (Lipinski definition) is 0. The van der Waals surface area contributed by atoms with Gasteiger partial charge >= 0.3 is 0 Å². The topological polar surface area (TPSA) is 0 Å². The average molecular weight is 493 g/mol. The second kappa shape index (κ2) is 9.78. The van der Waals surface area contributed by atoms with E-state index >= 15 is 0 Å². The van der Waals surface area contributed by atoms with E-state index in [0.29, 0.717) is 0 Å². The molecule has 0 atom stereocenters. The fourth-order valence-corrected chi connectivity index (χ4v) is 0.874. The molecular weight excluding hydrogens is 481 g/mol. The molecule has 0 aromatic rings. The maximum absolute atomic E-state index is 2.23. The Morgan fingerprint density at radius 2 is 1.10 bits per heavy atom. The van der Waals surface area contributed by atoms with Crippen molar-refractivity contribution in [2.24, 2.45) is 0 Å². The number of hydrogen-bond acceptors (Lipinski definition) is 0. The van der Waals surface area contributed by atoms with Crippen LogP contribution in [0.5, 0.6) is 0 Å². The molecule has 0 heterocycles. The molecule has 62 valence electrons. The molecule has 0 aromatic carbocycles. The van der Waals surface area contributed by atoms with Gasteiger partial charge in [0.1, 0.15) is 0 Å². The molecule has 0 N–H and O–H groups in total. The summed E-state index contributed by atoms with van der Waals surface area (Å²) in [5.41, 5.74) is 0. The molecule has 0 fully saturated rings. The van der Waals surface area contributed by atoms with Crippen LogP contribution >= 0.6 is 0 Å². The second-order valence-electron chi connectivity index (χ2n) is 2.14. The van der Waals surface area contributed by atoms with Gasteiger partial charge < -0.3 is 0 Å². The molecule has 2 radical (unpaired) electrons. The van der Waals surface area contributed by atoms with Crippen LogP contribution in [0.3, 0.4) is 0 Å². The van der Waals surface area contributed by atoms with Gasteiger partial charge in [0, 0.05) is 40.2 Å². The van der Waals surface area contributed by atoms with Crippen molar-refractivity contribution in [2.45, 2.75) is 25.7 Å². The zero-order valence-corrected chi connectivity index (χ0v) is 10.6. The molecule has 1 aliphatic carbocycles. The zero-order valence-electron chi connectivity index (χ0n) is 5.80. The molecule has 0 aliphatic heterocycles. The van der Waals surface area contributed by atoms with Gasteiger partial charge in [-0.1, -0.05) is 24.3 Å². The van der Waals surface area contributed by atoms with Gasteiger partial charge in [0.15, 0.2) is 0 Å². The van der Waals surface area contributed by atoms with Crippen LogP contribution in [0.15, 0.2) is 24.3 Å². The molecule has 0 nitrogen and oxygen atoms in total. The number of rotatable bonds is 0. The summed E-state index contributed by atoms with van der Waals surface area (Å²) in [4.78, 5) is 0. The van der Waals surface area contributed by atoms with Crippen LogP contribution in [-0.2, 0) is 40.2 Å². The molecule has 0 spiro atoms. The average Bonchev–Trinajstić information content (AvgIpc) is 1.62. The first kappa shape index (κ1) is 13.4. The Morgan fingerprint density at radius 3 is 1.50 bits per heavy atom. The van der Waals surface area contributed by atoms with Crippen molar-refractivity contribution >= 4 is 0 Å². The van der Waals surface area contributed by atoms with Crippen LogP contribution in [0.2, 0.25) is 0 Å². The summed E-state index contributed by atoms with van der Waals surface area (Å²) in [6.07, 6.45) is 14.0. The van der Waals surface area contributed by atoms with E-state index in [2.05, 4.69) is 24.3 Å². The Kier molecular flexibility index (Phi) is 13.1. The Labute approximate surface area is 89.9 Å². The van der Waals surface area contributed by atoms with Crippen molar-refractivity contribution < 1.29 is 40.2 Å². The maximum Gasteiger partial charge on any atom is 0 e. The fraction of sp³-hybridized carbons (Fsp3) is 0.500. The molecule has 0 amide bonds. The smallest absolute Gasteiger partial charge is 0 e. The first-order chi connectivity index (χ1) is 4.00. The van der Waals surface area contributed by atoms with E-state index in [1.54, 1.807) is 0 Å². The molecule has 0 bridgehead atoms. The minimum atomic E-state index is 0. The van der Waals surface area contributed by atoms with Crippen LogP contribution in [0.4, 0.5) is 0 Å². The molecule has 0 unspecified atom stereocenters. The Bertz CT molecular complexity index is 91.8. The summed E-state index contributed by atoms with van der Waals surface area (Å²) >= 11 is 0. The van der Waals surface area contributed by atoms with Crippen molar-refractivity contribution in [2.75, 3.05) is 0 Å². The molecule has 10 heavy (non-hydrogen) atoms. The van der Waals surface area contributed by atoms with Gasteiger partial charge in [0.05, 0.1) is 0 Å². The van der Waals surface area contributed by atoms with Gasteiger partial charge in [-0.15, -0.1) is 0 Å². The quantitative estimate of drug-likeness (QED) is 0.488. The van der Waals surface area contributed by atoms with Crippen molar-refractivity contribution in [3.05, 3.63) is 24.3 Å². The van der Waals surface area contributed by atoms with Crippen molar-refractivity contribution in [3.8, 4) is 0 Å². The molecule has 1 aliphatic rings. The predicted molar refractivity (Wildman–Crippen MR) is 36.7 cm³/mol. The molecule has 1 rings (SSSR count). The predicted octanol–water partition coefficient (Wildman–Crippen LogP) is 2.67. The molecule has 2 heteroatoms. The van der Waals surface area contributed by atoms with Crippen LogP contribution < -0.4 is 0 Å². The SMILES string of the molecule is C1=C\CCCC\C=C/1.[Ir].[Ir]. The minimum absolute atomic E-state index is 0. The summed E-state index contributed by atoms with van der Waals surface area (Å²) in [6.45, 7) is 0. The fourth-order valence-electron chi connectivity index (χ4n) is 0.874. The van der Waals surface area contributed by atoms with E-state index in [9.17, 15) is 0 Å². The first-order valence-electron chi connectivity index (χ1n) is 3.32. The monoisotopic (exact) mass is 494 g/mol. The summed E-state index contributed by atoms with van der Waals surface area (Å²) in [6, 6.07) is 0. The largest absolute Gasteiger partial charge is 0.0845 e. The van der Waals surface area contributed by atoms with Crippen molar-refractivity contribution in [3.63, 3.8) is 0 Å². The van der Waals surface area contributed by atoms with Crippen LogP contribution in [0, 0.1) is 0 Å². The van der Waals surface area contributed by atoms with E-state index < -0.39 is 0 Å². The molecule has 0 aromatic heterocycles. The Hall–Kier alpha value is 0.779. The van der Waals surface area contributed by atoms with E-state index in [1.807, 2.05) is 0 Å². The van der Waals surface area contributed by atoms with Gasteiger partial charge in [-0.3, -0.25) is 0 Å². The molecular formula is C8H12Ir2. The standard InChI is InChI=1S/C8H12.2Ir/c1-2-4-6-8-7-5-3-1;;/h1-4H,5-8H2;;/b3-1-,4-2-;;. The van der Waals surface area contributed by atoms with E-state index in [0.717, 1.165) is 0 Å². The maximum atomic E-state index is 2.23. The Balaban J connectivity index is 0. The summed E-state index contributed by atoms with van der Waals surface area (Å²) in [5.74, 6) is 0. The van der Waals surface area contributed by atoms with E-state index in [4.69, 9.17) is 0 Å². The van der Waals surface area contributed by atoms with Crippen molar-refractivity contribution in [1.29, 1.82) is 0 Å². The number of allylic oxidation sites excluding steroid dienone is 4. The third-order valence-corrected chi connectivity index (χ3v) is 1.37. The van der Waals surface area contributed by atoms with Crippen LogP contribution in [-0.4, -0.2) is 0 Å². The van der Waals surface area contributed by atoms with Gasteiger partial charge in [0.25, 0.3) is 0 Å². The third kappa shape index (κ3) is 6.89. The molecule has 0 saturated carbocycles. The zero-order chi connectivity index (χ0) is 5.66. The minimum Gasteiger partial charge on any atom is -0.0845 e. The normalized spacial score (nSPS) is 22.4. The van der Waals surface area contributed by atoms with E-state index in [1.165, 1.54) is 25.7 Å². The summed E-state index contributed by atoms with van der Waals surface area (Å²) in [7, 11) is 0. The molecule has 0 saturated heterocycles. The first-order valence-corrected chi connectivity index (χ1v) is 3.32. The van der Waals surface area contributed by atoms with Crippen LogP contribution in [0.25, 0.3) is 0 Å². The third-order valence-electron chi connectivity index (χ3n) is 1.37. The van der Waals surface area contributed by atoms with Gasteiger partial charge in [-0.2, -0.15) is 0 Å². The summed E-state index contributed by atoms with van der Waals surface area (Å²) in [5, 5.41) is 0.